The smallest absolute Gasteiger partial charge is 0.251 e. The van der Waals surface area contributed by atoms with Crippen LogP contribution in [0.2, 0.25) is 0 Å². The van der Waals surface area contributed by atoms with E-state index in [1.165, 1.54) is 5.56 Å². The number of H-pyrrole nitrogens is 1. The number of amides is 1. The molecule has 1 aromatic heterocycles. The highest BCUT2D eigenvalue weighted by Crippen LogP contribution is 2.21. The van der Waals surface area contributed by atoms with Crippen molar-refractivity contribution in [2.45, 2.75) is 46.3 Å². The predicted octanol–water partition coefficient (Wildman–Crippen LogP) is 4.20. The normalized spacial score (nSPS) is 12.0. The Morgan fingerprint density at radius 3 is 2.68 bits per heavy atom. The molecule has 28 heavy (non-hydrogen) atoms. The largest absolute Gasteiger partial charge is 0.350 e. The molecule has 0 aliphatic heterocycles. The van der Waals surface area contributed by atoms with E-state index in [0.29, 0.717) is 18.7 Å². The van der Waals surface area contributed by atoms with Gasteiger partial charge < -0.3 is 10.6 Å². The Hall–Kier alpha value is -2.92. The first-order valence-corrected chi connectivity index (χ1v) is 9.76. The van der Waals surface area contributed by atoms with Gasteiger partial charge in [-0.25, -0.2) is 0 Å². The van der Waals surface area contributed by atoms with Crippen LogP contribution in [0.3, 0.4) is 0 Å². The standard InChI is InChI=1S/C23H28N4O/c1-4-17(3)26-23(28)20-7-5-6-18(12-20)13-24-14-21-15-25-27-22(21)19-10-8-16(2)9-11-19/h5-12,15,17,24H,4,13-14H2,1-3H3,(H,25,27)(H,26,28). The summed E-state index contributed by atoms with van der Waals surface area (Å²) in [5.41, 5.74) is 6.30. The topological polar surface area (TPSA) is 69.8 Å². The third-order valence-corrected chi connectivity index (χ3v) is 4.88. The maximum atomic E-state index is 12.3. The minimum absolute atomic E-state index is 0.0207. The minimum atomic E-state index is -0.0207. The van der Waals surface area contributed by atoms with E-state index < -0.39 is 0 Å². The van der Waals surface area contributed by atoms with Gasteiger partial charge in [0.25, 0.3) is 5.91 Å². The van der Waals surface area contributed by atoms with Crippen LogP contribution >= 0.6 is 0 Å². The van der Waals surface area contributed by atoms with Gasteiger partial charge in [0, 0.05) is 30.3 Å². The quantitative estimate of drug-likeness (QED) is 0.552. The van der Waals surface area contributed by atoms with Crippen LogP contribution in [0, 0.1) is 6.92 Å². The van der Waals surface area contributed by atoms with E-state index in [2.05, 4.69) is 58.9 Å². The maximum absolute atomic E-state index is 12.3. The third kappa shape index (κ3) is 5.08. The number of benzene rings is 2. The van der Waals surface area contributed by atoms with Gasteiger partial charge in [-0.1, -0.05) is 48.9 Å². The SMILES string of the molecule is CCC(C)NC(=O)c1cccc(CNCc2cn[nH]c2-c2ccc(C)cc2)c1. The summed E-state index contributed by atoms with van der Waals surface area (Å²) in [5, 5.41) is 13.8. The van der Waals surface area contributed by atoms with Crippen LogP contribution in [0.15, 0.2) is 54.7 Å². The molecule has 0 saturated heterocycles. The van der Waals surface area contributed by atoms with Gasteiger partial charge >= 0.3 is 0 Å². The van der Waals surface area contributed by atoms with E-state index >= 15 is 0 Å². The molecule has 3 aromatic rings. The molecule has 2 aromatic carbocycles. The summed E-state index contributed by atoms with van der Waals surface area (Å²) in [7, 11) is 0. The van der Waals surface area contributed by atoms with Crippen LogP contribution in [-0.4, -0.2) is 22.1 Å². The van der Waals surface area contributed by atoms with Gasteiger partial charge in [-0.15, -0.1) is 0 Å². The second kappa shape index (κ2) is 9.33. The number of aryl methyl sites for hydroxylation is 1. The highest BCUT2D eigenvalue weighted by atomic mass is 16.1. The molecule has 1 unspecified atom stereocenters. The Morgan fingerprint density at radius 1 is 1.14 bits per heavy atom. The lowest BCUT2D eigenvalue weighted by molar-refractivity contribution is 0.0939. The Labute approximate surface area is 166 Å². The monoisotopic (exact) mass is 376 g/mol. The fourth-order valence-corrected chi connectivity index (χ4v) is 2.99. The van der Waals surface area contributed by atoms with Crippen molar-refractivity contribution >= 4 is 5.91 Å². The molecule has 0 aliphatic carbocycles. The molecule has 1 amide bonds. The fraction of sp³-hybridized carbons (Fsp3) is 0.304. The first-order chi connectivity index (χ1) is 13.6. The molecular weight excluding hydrogens is 348 g/mol. The first kappa shape index (κ1) is 19.8. The lowest BCUT2D eigenvalue weighted by Crippen LogP contribution is -2.32. The lowest BCUT2D eigenvalue weighted by atomic mass is 10.1. The average molecular weight is 377 g/mol. The Bertz CT molecular complexity index is 914. The average Bonchev–Trinajstić information content (AvgIpc) is 3.17. The van der Waals surface area contributed by atoms with Crippen LogP contribution < -0.4 is 10.6 Å². The minimum Gasteiger partial charge on any atom is -0.350 e. The molecule has 0 aliphatic rings. The Balaban J connectivity index is 1.60. The summed E-state index contributed by atoms with van der Waals surface area (Å²) in [6.07, 6.45) is 2.78. The van der Waals surface area contributed by atoms with Crippen molar-refractivity contribution in [1.82, 2.24) is 20.8 Å². The number of nitrogens with zero attached hydrogens (tertiary/aromatic N) is 1. The number of carbonyl (C=O) groups excluding carboxylic acids is 1. The van der Waals surface area contributed by atoms with Crippen molar-refractivity contribution in [1.29, 1.82) is 0 Å². The summed E-state index contributed by atoms with van der Waals surface area (Å²) in [6.45, 7) is 7.54. The van der Waals surface area contributed by atoms with E-state index in [4.69, 9.17) is 0 Å². The molecule has 0 bridgehead atoms. The molecule has 0 radical (unpaired) electrons. The van der Waals surface area contributed by atoms with E-state index in [9.17, 15) is 4.79 Å². The summed E-state index contributed by atoms with van der Waals surface area (Å²) >= 11 is 0. The molecule has 0 saturated carbocycles. The van der Waals surface area contributed by atoms with Gasteiger partial charge in [-0.05, 0) is 43.5 Å². The van der Waals surface area contributed by atoms with Crippen LogP contribution in [0.4, 0.5) is 0 Å². The number of hydrogen-bond acceptors (Lipinski definition) is 3. The number of carbonyl (C=O) groups is 1. The third-order valence-electron chi connectivity index (χ3n) is 4.88. The predicted molar refractivity (Wildman–Crippen MR) is 113 cm³/mol. The molecule has 1 atom stereocenters. The first-order valence-electron chi connectivity index (χ1n) is 9.76. The maximum Gasteiger partial charge on any atom is 0.251 e. The van der Waals surface area contributed by atoms with Gasteiger partial charge in [0.15, 0.2) is 0 Å². The van der Waals surface area contributed by atoms with E-state index in [1.54, 1.807) is 0 Å². The number of aromatic amines is 1. The summed E-state index contributed by atoms with van der Waals surface area (Å²) in [5.74, 6) is -0.0207. The van der Waals surface area contributed by atoms with Crippen molar-refractivity contribution in [3.05, 3.63) is 77.0 Å². The van der Waals surface area contributed by atoms with Crippen molar-refractivity contribution in [2.24, 2.45) is 0 Å². The van der Waals surface area contributed by atoms with Crippen molar-refractivity contribution in [3.63, 3.8) is 0 Å². The molecule has 5 heteroatoms. The molecular formula is C23H28N4O. The molecule has 3 N–H and O–H groups in total. The van der Waals surface area contributed by atoms with Crippen LogP contribution in [0.1, 0.15) is 47.3 Å². The summed E-state index contributed by atoms with van der Waals surface area (Å²) in [6, 6.07) is 16.3. The molecule has 146 valence electrons. The van der Waals surface area contributed by atoms with Crippen molar-refractivity contribution in [3.8, 4) is 11.3 Å². The zero-order valence-corrected chi connectivity index (χ0v) is 16.8. The summed E-state index contributed by atoms with van der Waals surface area (Å²) in [4.78, 5) is 12.3. The number of aromatic nitrogens is 2. The van der Waals surface area contributed by atoms with Crippen LogP contribution in [0.25, 0.3) is 11.3 Å². The van der Waals surface area contributed by atoms with Crippen LogP contribution in [0.5, 0.6) is 0 Å². The molecule has 5 nitrogen and oxygen atoms in total. The van der Waals surface area contributed by atoms with E-state index in [-0.39, 0.29) is 11.9 Å². The zero-order chi connectivity index (χ0) is 19.9. The second-order valence-electron chi connectivity index (χ2n) is 7.22. The van der Waals surface area contributed by atoms with Gasteiger partial charge in [-0.2, -0.15) is 5.10 Å². The van der Waals surface area contributed by atoms with Gasteiger partial charge in [0.2, 0.25) is 0 Å². The molecule has 0 fully saturated rings. The van der Waals surface area contributed by atoms with E-state index in [0.717, 1.165) is 28.8 Å². The fourth-order valence-electron chi connectivity index (χ4n) is 2.99. The number of nitrogens with one attached hydrogen (secondary N) is 3. The lowest BCUT2D eigenvalue weighted by Gasteiger charge is -2.12. The van der Waals surface area contributed by atoms with Crippen molar-refractivity contribution < 1.29 is 4.79 Å². The van der Waals surface area contributed by atoms with E-state index in [1.807, 2.05) is 37.4 Å². The Kier molecular flexibility index (Phi) is 6.61. The van der Waals surface area contributed by atoms with Crippen LogP contribution in [-0.2, 0) is 13.1 Å². The summed E-state index contributed by atoms with van der Waals surface area (Å²) < 4.78 is 0. The Morgan fingerprint density at radius 2 is 1.93 bits per heavy atom. The van der Waals surface area contributed by atoms with Gasteiger partial charge in [0.1, 0.15) is 0 Å². The number of hydrogen-bond donors (Lipinski definition) is 3. The van der Waals surface area contributed by atoms with Gasteiger partial charge in [0.05, 0.1) is 11.9 Å². The number of rotatable bonds is 8. The highest BCUT2D eigenvalue weighted by Gasteiger charge is 2.10. The molecule has 3 rings (SSSR count). The molecule has 0 spiro atoms. The highest BCUT2D eigenvalue weighted by molar-refractivity contribution is 5.94. The van der Waals surface area contributed by atoms with Gasteiger partial charge in [-0.3, -0.25) is 9.89 Å². The molecule has 1 heterocycles. The van der Waals surface area contributed by atoms with Crippen molar-refractivity contribution in [2.75, 3.05) is 0 Å². The second-order valence-corrected chi connectivity index (χ2v) is 7.22. The zero-order valence-electron chi connectivity index (χ0n) is 16.8.